The molecule has 1 aromatic heterocycles. The molecular formula is C53H46N4O. The normalized spacial score (nSPS) is 18.8. The number of aliphatic imine (C=N–C) groups is 3. The lowest BCUT2D eigenvalue weighted by Gasteiger charge is -2.16. The number of amidine groups is 2. The van der Waals surface area contributed by atoms with Crippen LogP contribution < -0.4 is 0 Å². The molecule has 6 aromatic rings. The number of ether oxygens (including phenoxy) is 1. The van der Waals surface area contributed by atoms with Gasteiger partial charge in [-0.1, -0.05) is 164 Å². The third-order valence-electron chi connectivity index (χ3n) is 10.6. The van der Waals surface area contributed by atoms with E-state index in [1.54, 1.807) is 0 Å². The number of benzene rings is 5. The zero-order valence-electron chi connectivity index (χ0n) is 32.8. The Labute approximate surface area is 341 Å². The lowest BCUT2D eigenvalue weighted by Crippen LogP contribution is -2.10. The highest BCUT2D eigenvalue weighted by molar-refractivity contribution is 6.14. The average molecular weight is 755 g/mol. The minimum Gasteiger partial charge on any atom is -0.490 e. The lowest BCUT2D eigenvalue weighted by molar-refractivity contribution is 0.253. The van der Waals surface area contributed by atoms with Gasteiger partial charge in [0.1, 0.15) is 12.4 Å². The molecule has 284 valence electrons. The molecule has 2 aliphatic rings. The second-order valence-electron chi connectivity index (χ2n) is 14.4. The third kappa shape index (κ3) is 8.35. The summed E-state index contributed by atoms with van der Waals surface area (Å²) < 4.78 is 8.73. The van der Waals surface area contributed by atoms with Gasteiger partial charge in [-0.2, -0.15) is 0 Å². The molecule has 0 N–H and O–H groups in total. The van der Waals surface area contributed by atoms with Crippen molar-refractivity contribution in [3.8, 4) is 11.1 Å². The molecule has 5 aromatic carbocycles. The first kappa shape index (κ1) is 37.8. The maximum atomic E-state index is 6.42. The first-order valence-electron chi connectivity index (χ1n) is 19.8. The summed E-state index contributed by atoms with van der Waals surface area (Å²) in [7, 11) is 0. The van der Waals surface area contributed by atoms with Crippen LogP contribution in [0.5, 0.6) is 0 Å². The van der Waals surface area contributed by atoms with Crippen LogP contribution in [0.25, 0.3) is 38.6 Å². The summed E-state index contributed by atoms with van der Waals surface area (Å²) in [6.07, 6.45) is 18.7. The Morgan fingerprint density at radius 3 is 2.28 bits per heavy atom. The van der Waals surface area contributed by atoms with Crippen LogP contribution in [0.2, 0.25) is 0 Å². The Morgan fingerprint density at radius 1 is 0.810 bits per heavy atom. The monoisotopic (exact) mass is 754 g/mol. The fourth-order valence-corrected chi connectivity index (χ4v) is 7.67. The van der Waals surface area contributed by atoms with Crippen LogP contribution in [0.15, 0.2) is 226 Å². The van der Waals surface area contributed by atoms with Crippen molar-refractivity contribution in [1.29, 1.82) is 0 Å². The summed E-state index contributed by atoms with van der Waals surface area (Å²) >= 11 is 0. The van der Waals surface area contributed by atoms with Crippen LogP contribution in [0, 0.1) is 0 Å². The van der Waals surface area contributed by atoms with Crippen molar-refractivity contribution >= 4 is 45.9 Å². The zero-order valence-corrected chi connectivity index (χ0v) is 32.8. The minimum absolute atomic E-state index is 0.310. The van der Waals surface area contributed by atoms with E-state index in [1.807, 2.05) is 61.5 Å². The van der Waals surface area contributed by atoms with Crippen LogP contribution in [0.4, 0.5) is 0 Å². The Bertz CT molecular complexity index is 2720. The summed E-state index contributed by atoms with van der Waals surface area (Å²) in [5.41, 5.74) is 10.8. The predicted octanol–water partition coefficient (Wildman–Crippen LogP) is 12.9. The van der Waals surface area contributed by atoms with E-state index < -0.39 is 0 Å². The Kier molecular flexibility index (Phi) is 11.6. The molecule has 1 aliphatic heterocycles. The van der Waals surface area contributed by atoms with Crippen molar-refractivity contribution in [3.05, 3.63) is 222 Å². The molecule has 8 rings (SSSR count). The highest BCUT2D eigenvalue weighted by Gasteiger charge is 2.18. The predicted molar refractivity (Wildman–Crippen MR) is 246 cm³/mol. The van der Waals surface area contributed by atoms with Gasteiger partial charge in [-0.25, -0.2) is 9.98 Å². The van der Waals surface area contributed by atoms with Gasteiger partial charge in [0.2, 0.25) is 0 Å². The van der Waals surface area contributed by atoms with Crippen molar-refractivity contribution in [3.63, 3.8) is 0 Å². The number of nitrogens with zero attached hydrogens (tertiary/aromatic N) is 4. The quantitative estimate of drug-likeness (QED) is 0.113. The molecule has 1 atom stereocenters. The molecular weight excluding hydrogens is 709 g/mol. The first-order chi connectivity index (χ1) is 28.6. The second-order valence-corrected chi connectivity index (χ2v) is 14.4. The molecule has 1 aliphatic carbocycles. The van der Waals surface area contributed by atoms with Crippen molar-refractivity contribution in [2.75, 3.05) is 13.2 Å². The van der Waals surface area contributed by atoms with Crippen molar-refractivity contribution in [2.24, 2.45) is 15.0 Å². The van der Waals surface area contributed by atoms with E-state index in [4.69, 9.17) is 14.7 Å². The highest BCUT2D eigenvalue weighted by atomic mass is 16.5. The fourth-order valence-electron chi connectivity index (χ4n) is 7.67. The number of fused-ring (bicyclic) bond motifs is 3. The number of para-hydroxylation sites is 1. The van der Waals surface area contributed by atoms with Gasteiger partial charge >= 0.3 is 0 Å². The molecule has 1 unspecified atom stereocenters. The summed E-state index contributed by atoms with van der Waals surface area (Å²) in [6, 6.07) is 46.4. The number of hydrogen-bond acceptors (Lipinski definition) is 2. The molecule has 5 nitrogen and oxygen atoms in total. The van der Waals surface area contributed by atoms with E-state index in [0.29, 0.717) is 42.9 Å². The molecule has 0 amide bonds. The number of allylic oxidation sites excluding steroid dienone is 7. The van der Waals surface area contributed by atoms with E-state index >= 15 is 0 Å². The van der Waals surface area contributed by atoms with Gasteiger partial charge in [-0.15, -0.1) is 0 Å². The number of rotatable bonds is 8. The second kappa shape index (κ2) is 17.8. The molecule has 0 saturated carbocycles. The highest BCUT2D eigenvalue weighted by Crippen LogP contribution is 2.36. The molecule has 58 heavy (non-hydrogen) atoms. The summed E-state index contributed by atoms with van der Waals surface area (Å²) in [6.45, 7) is 11.1. The van der Waals surface area contributed by atoms with Crippen molar-refractivity contribution < 1.29 is 4.74 Å². The minimum atomic E-state index is 0.310. The largest absolute Gasteiger partial charge is 0.490 e. The van der Waals surface area contributed by atoms with E-state index in [1.165, 1.54) is 21.9 Å². The van der Waals surface area contributed by atoms with E-state index in [9.17, 15) is 0 Å². The molecule has 2 heterocycles. The van der Waals surface area contributed by atoms with Gasteiger partial charge in [0, 0.05) is 39.6 Å². The van der Waals surface area contributed by atoms with Gasteiger partial charge in [0.25, 0.3) is 0 Å². The van der Waals surface area contributed by atoms with E-state index in [-0.39, 0.29) is 0 Å². The maximum Gasteiger partial charge on any atom is 0.161 e. The smallest absolute Gasteiger partial charge is 0.161 e. The van der Waals surface area contributed by atoms with Crippen LogP contribution in [0.1, 0.15) is 36.8 Å². The molecule has 0 saturated heterocycles. The summed E-state index contributed by atoms with van der Waals surface area (Å²) in [5, 5.41) is 2.38. The first-order valence-corrected chi connectivity index (χ1v) is 19.8. The molecule has 5 heteroatoms. The molecule has 0 radical (unpaired) electrons. The number of aromatic nitrogens is 1. The molecule has 0 bridgehead atoms. The van der Waals surface area contributed by atoms with Gasteiger partial charge in [0.15, 0.2) is 11.7 Å². The topological polar surface area (TPSA) is 51.2 Å². The van der Waals surface area contributed by atoms with Crippen LogP contribution >= 0.6 is 0 Å². The average Bonchev–Trinajstić information content (AvgIpc) is 3.65. The van der Waals surface area contributed by atoms with E-state index in [0.717, 1.165) is 51.0 Å². The van der Waals surface area contributed by atoms with Crippen LogP contribution in [-0.4, -0.2) is 36.1 Å². The van der Waals surface area contributed by atoms with Gasteiger partial charge in [-0.3, -0.25) is 4.99 Å². The number of hydrogen-bond donors (Lipinski definition) is 0. The van der Waals surface area contributed by atoms with Crippen LogP contribution in [-0.2, 0) is 4.74 Å². The fraction of sp³-hybridized carbons (Fsp3) is 0.113. The van der Waals surface area contributed by atoms with Crippen LogP contribution in [0.3, 0.4) is 0 Å². The third-order valence-corrected chi connectivity index (χ3v) is 10.6. The SMILES string of the molecule is C=NC(=NC(=NCC1=CCC(c2ccccc2)C=C1)c1ccccc1)C(/C=C\C)=C1\C/C=C\C(n2c3ccccc3c3ccc(-c4ccccc4)cc32)=C/C(=C)OC1. The molecule has 0 spiro atoms. The molecule has 0 fully saturated rings. The van der Waals surface area contributed by atoms with Gasteiger partial charge in [-0.05, 0) is 72.5 Å². The summed E-state index contributed by atoms with van der Waals surface area (Å²) in [5.74, 6) is 2.01. The van der Waals surface area contributed by atoms with Crippen molar-refractivity contribution in [1.82, 2.24) is 4.57 Å². The van der Waals surface area contributed by atoms with Crippen molar-refractivity contribution in [2.45, 2.75) is 25.7 Å². The Morgan fingerprint density at radius 2 is 1.53 bits per heavy atom. The zero-order chi connectivity index (χ0) is 39.7. The lowest BCUT2D eigenvalue weighted by atomic mass is 9.90. The Balaban J connectivity index is 1.13. The standard InChI is InChI=1S/C53H46N4O/c1-4-17-47(53(54-3)56-52(43-22-12-7-13-23-43)55-36-39-28-30-42(31-29-39)40-18-8-5-9-19-40)45-24-16-25-46(34-38(2)58-37-45)57-50-27-15-14-26-48(50)49-33-32-44(35-51(49)57)41-20-10-6-11-21-41/h4-23,25-30,32-35,42H,2-3,24,31,36-37H2,1H3/b17-4-,25-16-,46-34+,47-45+,55-52?,56-53?. The van der Waals surface area contributed by atoms with E-state index in [2.05, 4.69) is 150 Å². The summed E-state index contributed by atoms with van der Waals surface area (Å²) in [4.78, 5) is 14.7. The van der Waals surface area contributed by atoms with Gasteiger partial charge in [0.05, 0.1) is 17.6 Å². The Hall–Kier alpha value is -7.11. The van der Waals surface area contributed by atoms with Gasteiger partial charge < -0.3 is 9.30 Å². The maximum absolute atomic E-state index is 6.42.